The fraction of sp³-hybridized carbons (Fsp3) is 0.417. The Hall–Kier alpha value is 0.798. The fourth-order valence-corrected chi connectivity index (χ4v) is 2.08. The Balaban J connectivity index is 0.000000417. The summed E-state index contributed by atoms with van der Waals surface area (Å²) in [6, 6.07) is 8.99. The van der Waals surface area contributed by atoms with E-state index in [0.717, 1.165) is 0 Å². The van der Waals surface area contributed by atoms with Crippen LogP contribution in [0.1, 0.15) is 12.8 Å². The van der Waals surface area contributed by atoms with Crippen LogP contribution in [0.25, 0.3) is 11.0 Å². The summed E-state index contributed by atoms with van der Waals surface area (Å²) in [5.41, 5.74) is 7.79. The van der Waals surface area contributed by atoms with Gasteiger partial charge in [-0.3, -0.25) is 0 Å². The fourth-order valence-electron chi connectivity index (χ4n) is 1.54. The number of aromatic nitrogens is 2. The van der Waals surface area contributed by atoms with E-state index >= 15 is 0 Å². The Morgan fingerprint density at radius 3 is 1.67 bits per heavy atom. The average molecular weight is 654 g/mol. The molecule has 1 aromatic heterocycles. The van der Waals surface area contributed by atoms with E-state index in [1.807, 2.05) is 0 Å². The van der Waals surface area contributed by atoms with Gasteiger partial charge < -0.3 is 5.73 Å². The first-order chi connectivity index (χ1) is 7.61. The molecule has 0 amide bonds. The molecule has 0 bridgehead atoms. The molecule has 0 saturated heterocycles. The molecule has 2 N–H and O–H groups in total. The average Bonchev–Trinajstić information content (AvgIpc) is 3.05. The number of fused-ring (bicyclic) bond motifs is 1. The van der Waals surface area contributed by atoms with Crippen molar-refractivity contribution in [1.82, 2.24) is 9.13 Å². The van der Waals surface area contributed by atoms with Gasteiger partial charge in [-0.05, 0) is 12.8 Å². The molecule has 0 unspecified atom stereocenters. The smallest absolute Gasteiger partial charge is 0.00399 e. The van der Waals surface area contributed by atoms with Crippen LogP contribution in [0, 0.1) is 3.80 Å². The molecule has 1 saturated carbocycles. The molecule has 0 aliphatic heterocycles. The Morgan fingerprint density at radius 1 is 1.06 bits per heavy atom. The van der Waals surface area contributed by atoms with E-state index in [1.54, 1.807) is 0 Å². The largest absolute Gasteiger partial charge is 0.328 e. The first kappa shape index (κ1) is 18.8. The van der Waals surface area contributed by atoms with Gasteiger partial charge in [0.05, 0.1) is 0 Å². The molecule has 1 aromatic carbocycles. The molecular formula is C12H19I2N3Pt. The first-order valence-electron chi connectivity index (χ1n) is 5.42. The van der Waals surface area contributed by atoms with E-state index in [1.165, 1.54) is 27.7 Å². The Morgan fingerprint density at radius 2 is 1.39 bits per heavy atom. The molecule has 0 spiro atoms. The molecular weight excluding hydrogens is 635 g/mol. The predicted molar refractivity (Wildman–Crippen MR) is 93.2 cm³/mol. The van der Waals surface area contributed by atoms with E-state index in [2.05, 4.69) is 66.8 Å². The zero-order chi connectivity index (χ0) is 11.7. The number of nitrogens with two attached hydrogens (primary N) is 1. The van der Waals surface area contributed by atoms with Gasteiger partial charge in [0.15, 0.2) is 0 Å². The number of nitrogens with zero attached hydrogens (tertiary/aromatic N) is 2. The van der Waals surface area contributed by atoms with E-state index < -0.39 is 0 Å². The van der Waals surface area contributed by atoms with Crippen molar-refractivity contribution in [3.8, 4) is 0 Å². The number of para-hydroxylation sites is 2. The van der Waals surface area contributed by atoms with Crippen molar-refractivity contribution >= 4 is 59.0 Å². The summed E-state index contributed by atoms with van der Waals surface area (Å²) in [7, 11) is 4.18. The maximum Gasteiger partial charge on any atom is 0.00399 e. The molecule has 18 heavy (non-hydrogen) atoms. The van der Waals surface area contributed by atoms with Crippen LogP contribution in [0.2, 0.25) is 0 Å². The van der Waals surface area contributed by atoms with Crippen molar-refractivity contribution in [1.29, 1.82) is 0 Å². The summed E-state index contributed by atoms with van der Waals surface area (Å²) in [6.45, 7) is 0. The van der Waals surface area contributed by atoms with Crippen LogP contribution >= 0.6 is 48.0 Å². The Labute approximate surface area is 153 Å². The molecule has 0 radical (unpaired) electrons. The number of halogens is 2. The van der Waals surface area contributed by atoms with Crippen molar-refractivity contribution in [2.75, 3.05) is 0 Å². The minimum atomic E-state index is 0. The molecule has 1 heterocycles. The molecule has 0 atom stereocenters. The second kappa shape index (κ2) is 8.17. The summed E-state index contributed by atoms with van der Waals surface area (Å²) in [6.07, 6.45) is 2.53. The summed E-state index contributed by atoms with van der Waals surface area (Å²) < 4.78 is 5.63. The van der Waals surface area contributed by atoms with Gasteiger partial charge in [-0.2, -0.15) is 0 Å². The molecule has 1 aliphatic carbocycles. The van der Waals surface area contributed by atoms with Gasteiger partial charge in [-0.25, -0.2) is 0 Å². The predicted octanol–water partition coefficient (Wildman–Crippen LogP) is 2.94. The first-order valence-corrected chi connectivity index (χ1v) is 6.56. The minimum Gasteiger partial charge on any atom is -0.328 e. The van der Waals surface area contributed by atoms with Crippen LogP contribution < -0.4 is 5.73 Å². The second-order valence-electron chi connectivity index (χ2n) is 4.19. The number of benzene rings is 1. The van der Waals surface area contributed by atoms with Crippen LogP contribution in [0.4, 0.5) is 0 Å². The van der Waals surface area contributed by atoms with Crippen LogP contribution in [0.15, 0.2) is 24.3 Å². The van der Waals surface area contributed by atoms with Crippen LogP contribution in [-0.4, -0.2) is 15.2 Å². The van der Waals surface area contributed by atoms with Crippen molar-refractivity contribution in [2.45, 2.75) is 18.9 Å². The SMILES string of the molecule is Cn1[c](=[Pt])n(C)c2ccccc21.I.I.NC1CC1. The maximum atomic E-state index is 5.22. The normalized spacial score (nSPS) is 13.2. The third kappa shape index (κ3) is 4.42. The standard InChI is InChI=1S/C9H10N2.C3H7N.2HI.Pt/c1-10-7-11(2)9-6-4-3-5-8(9)10;4-3-1-2-3;;;/h3-6H,1-2H3;3H,1-2,4H2;2*1H;. The van der Waals surface area contributed by atoms with E-state index in [9.17, 15) is 0 Å². The van der Waals surface area contributed by atoms with E-state index in [-0.39, 0.29) is 48.0 Å². The number of aryl methyl sites for hydroxylation is 2. The molecule has 2 aromatic rings. The van der Waals surface area contributed by atoms with Crippen LogP contribution in [0.5, 0.6) is 0 Å². The zero-order valence-corrected chi connectivity index (χ0v) is 17.3. The van der Waals surface area contributed by atoms with Crippen LogP contribution in [-0.2, 0) is 33.4 Å². The zero-order valence-electron chi connectivity index (χ0n) is 10.4. The van der Waals surface area contributed by atoms with Gasteiger partial charge in [0.25, 0.3) is 0 Å². The van der Waals surface area contributed by atoms with Crippen molar-refractivity contribution < 1.29 is 19.4 Å². The Kier molecular flexibility index (Phi) is 8.53. The quantitative estimate of drug-likeness (QED) is 0.437. The van der Waals surface area contributed by atoms with Crippen molar-refractivity contribution in [2.24, 2.45) is 19.8 Å². The summed E-state index contributed by atoms with van der Waals surface area (Å²) in [5.74, 6) is 0. The van der Waals surface area contributed by atoms with E-state index in [0.29, 0.717) is 6.04 Å². The van der Waals surface area contributed by atoms with Gasteiger partial charge in [0.2, 0.25) is 0 Å². The molecule has 6 heteroatoms. The Bertz CT molecular complexity index is 516. The molecule has 3 nitrogen and oxygen atoms in total. The minimum absolute atomic E-state index is 0. The van der Waals surface area contributed by atoms with Gasteiger partial charge >= 0.3 is 81.7 Å². The summed E-state index contributed by atoms with van der Waals surface area (Å²) in [4.78, 5) is 0. The van der Waals surface area contributed by atoms with E-state index in [4.69, 9.17) is 5.73 Å². The van der Waals surface area contributed by atoms with Gasteiger partial charge in [-0.15, -0.1) is 48.0 Å². The van der Waals surface area contributed by atoms with Gasteiger partial charge in [0, 0.05) is 6.04 Å². The van der Waals surface area contributed by atoms with Crippen molar-refractivity contribution in [3.05, 3.63) is 28.1 Å². The summed E-state index contributed by atoms with van der Waals surface area (Å²) >= 11 is 2.33. The topological polar surface area (TPSA) is 35.9 Å². The second-order valence-corrected chi connectivity index (χ2v) is 5.20. The third-order valence-electron chi connectivity index (χ3n) is 2.74. The molecule has 3 rings (SSSR count). The summed E-state index contributed by atoms with van der Waals surface area (Å²) in [5, 5.41) is 0. The molecule has 106 valence electrons. The monoisotopic (exact) mass is 654 g/mol. The van der Waals surface area contributed by atoms with Crippen molar-refractivity contribution in [3.63, 3.8) is 0 Å². The molecule has 1 aliphatic rings. The number of hydrogen-bond acceptors (Lipinski definition) is 1. The van der Waals surface area contributed by atoms with Gasteiger partial charge in [0.1, 0.15) is 0 Å². The molecule has 1 fully saturated rings. The third-order valence-corrected chi connectivity index (χ3v) is 4.26. The number of rotatable bonds is 0. The maximum absolute atomic E-state index is 5.22. The van der Waals surface area contributed by atoms with Gasteiger partial charge in [-0.1, -0.05) is 0 Å². The number of hydrogen-bond donors (Lipinski definition) is 1. The van der Waals surface area contributed by atoms with Crippen LogP contribution in [0.3, 0.4) is 0 Å². The number of imidazole rings is 1.